The Morgan fingerprint density at radius 1 is 1.00 bits per heavy atom. The first-order valence-corrected chi connectivity index (χ1v) is 6.67. The highest BCUT2D eigenvalue weighted by atomic mass is 16.2. The SMILES string of the molecule is CC(C)c1ccc(N2C(=O)Cc3ccccc32)cc1. The molecule has 2 heteroatoms. The largest absolute Gasteiger partial charge is 0.280 e. The van der Waals surface area contributed by atoms with Gasteiger partial charge in [0.05, 0.1) is 12.1 Å². The smallest absolute Gasteiger partial charge is 0.236 e. The zero-order chi connectivity index (χ0) is 13.4. The fourth-order valence-corrected chi connectivity index (χ4v) is 2.55. The Morgan fingerprint density at radius 3 is 2.37 bits per heavy atom. The second-order valence-electron chi connectivity index (χ2n) is 5.28. The molecule has 96 valence electrons. The number of anilines is 2. The van der Waals surface area contributed by atoms with Gasteiger partial charge < -0.3 is 0 Å². The molecule has 0 bridgehead atoms. The summed E-state index contributed by atoms with van der Waals surface area (Å²) in [6.07, 6.45) is 0.502. The van der Waals surface area contributed by atoms with Crippen LogP contribution in [0.5, 0.6) is 0 Å². The molecule has 3 rings (SSSR count). The van der Waals surface area contributed by atoms with Crippen molar-refractivity contribution in [1.29, 1.82) is 0 Å². The summed E-state index contributed by atoms with van der Waals surface area (Å²) in [6.45, 7) is 4.34. The number of rotatable bonds is 2. The molecule has 1 aliphatic rings. The van der Waals surface area contributed by atoms with Gasteiger partial charge in [-0.2, -0.15) is 0 Å². The molecule has 0 aromatic heterocycles. The number of para-hydroxylation sites is 1. The molecule has 0 aliphatic carbocycles. The summed E-state index contributed by atoms with van der Waals surface area (Å²) >= 11 is 0. The van der Waals surface area contributed by atoms with Crippen LogP contribution in [-0.4, -0.2) is 5.91 Å². The summed E-state index contributed by atoms with van der Waals surface area (Å²) in [5.41, 5.74) is 4.38. The molecular weight excluding hydrogens is 234 g/mol. The number of carbonyl (C=O) groups is 1. The molecule has 2 aromatic carbocycles. The van der Waals surface area contributed by atoms with Gasteiger partial charge >= 0.3 is 0 Å². The Morgan fingerprint density at radius 2 is 1.68 bits per heavy atom. The summed E-state index contributed by atoms with van der Waals surface area (Å²) in [5, 5.41) is 0. The summed E-state index contributed by atoms with van der Waals surface area (Å²) < 4.78 is 0. The van der Waals surface area contributed by atoms with Gasteiger partial charge in [-0.1, -0.05) is 44.2 Å². The molecule has 0 N–H and O–H groups in total. The van der Waals surface area contributed by atoms with Gasteiger partial charge in [-0.15, -0.1) is 0 Å². The molecule has 1 amide bonds. The molecule has 0 unspecified atom stereocenters. The highest BCUT2D eigenvalue weighted by Crippen LogP contribution is 2.35. The number of fused-ring (bicyclic) bond motifs is 1. The van der Waals surface area contributed by atoms with Gasteiger partial charge in [0, 0.05) is 5.69 Å². The average molecular weight is 251 g/mol. The van der Waals surface area contributed by atoms with E-state index in [9.17, 15) is 4.79 Å². The van der Waals surface area contributed by atoms with Crippen LogP contribution >= 0.6 is 0 Å². The third-order valence-corrected chi connectivity index (χ3v) is 3.64. The fourth-order valence-electron chi connectivity index (χ4n) is 2.55. The topological polar surface area (TPSA) is 20.3 Å². The third-order valence-electron chi connectivity index (χ3n) is 3.64. The summed E-state index contributed by atoms with van der Waals surface area (Å²) in [6, 6.07) is 16.3. The average Bonchev–Trinajstić information content (AvgIpc) is 2.74. The maximum Gasteiger partial charge on any atom is 0.236 e. The van der Waals surface area contributed by atoms with Gasteiger partial charge in [-0.3, -0.25) is 9.69 Å². The van der Waals surface area contributed by atoms with Crippen LogP contribution in [0.3, 0.4) is 0 Å². The van der Waals surface area contributed by atoms with Gasteiger partial charge in [0.1, 0.15) is 0 Å². The number of amides is 1. The van der Waals surface area contributed by atoms with Gasteiger partial charge in [0.25, 0.3) is 0 Å². The summed E-state index contributed by atoms with van der Waals surface area (Å²) in [5.74, 6) is 0.661. The first-order valence-electron chi connectivity index (χ1n) is 6.67. The highest BCUT2D eigenvalue weighted by molar-refractivity contribution is 6.07. The van der Waals surface area contributed by atoms with Gasteiger partial charge in [0.15, 0.2) is 0 Å². The van der Waals surface area contributed by atoms with Crippen molar-refractivity contribution in [2.45, 2.75) is 26.2 Å². The molecule has 2 aromatic rings. The third kappa shape index (κ3) is 2.03. The summed E-state index contributed by atoms with van der Waals surface area (Å²) in [7, 11) is 0. The fraction of sp³-hybridized carbons (Fsp3) is 0.235. The van der Waals surface area contributed by atoms with Crippen LogP contribution in [0.25, 0.3) is 0 Å². The predicted octanol–water partition coefficient (Wildman–Crippen LogP) is 4.03. The van der Waals surface area contributed by atoms with Crippen molar-refractivity contribution in [2.75, 3.05) is 4.90 Å². The monoisotopic (exact) mass is 251 g/mol. The van der Waals surface area contributed by atoms with E-state index in [1.165, 1.54) is 5.56 Å². The number of benzene rings is 2. The van der Waals surface area contributed by atoms with Crippen molar-refractivity contribution in [1.82, 2.24) is 0 Å². The van der Waals surface area contributed by atoms with Crippen LogP contribution in [0.15, 0.2) is 48.5 Å². The lowest BCUT2D eigenvalue weighted by atomic mass is 10.0. The molecule has 0 spiro atoms. The van der Waals surface area contributed by atoms with Crippen molar-refractivity contribution in [3.8, 4) is 0 Å². The second-order valence-corrected chi connectivity index (χ2v) is 5.28. The standard InChI is InChI=1S/C17H17NO/c1-12(2)13-7-9-15(10-8-13)18-16-6-4-3-5-14(16)11-17(18)19/h3-10,12H,11H2,1-2H3. The van der Waals surface area contributed by atoms with Crippen LogP contribution in [-0.2, 0) is 11.2 Å². The van der Waals surface area contributed by atoms with Crippen LogP contribution < -0.4 is 4.90 Å². The van der Waals surface area contributed by atoms with Gasteiger partial charge in [-0.05, 0) is 35.2 Å². The van der Waals surface area contributed by atoms with Crippen LogP contribution in [0, 0.1) is 0 Å². The molecule has 0 radical (unpaired) electrons. The lowest BCUT2D eigenvalue weighted by Gasteiger charge is -2.18. The minimum Gasteiger partial charge on any atom is -0.280 e. The van der Waals surface area contributed by atoms with E-state index in [0.29, 0.717) is 12.3 Å². The first-order chi connectivity index (χ1) is 9.16. The van der Waals surface area contributed by atoms with E-state index in [2.05, 4.69) is 26.0 Å². The zero-order valence-electron chi connectivity index (χ0n) is 11.3. The Balaban J connectivity index is 2.00. The molecule has 1 heterocycles. The minimum absolute atomic E-state index is 0.151. The van der Waals surface area contributed by atoms with E-state index in [-0.39, 0.29) is 5.91 Å². The van der Waals surface area contributed by atoms with E-state index in [1.54, 1.807) is 0 Å². The van der Waals surface area contributed by atoms with Crippen LogP contribution in [0.1, 0.15) is 30.9 Å². The van der Waals surface area contributed by atoms with E-state index < -0.39 is 0 Å². The van der Waals surface area contributed by atoms with Crippen molar-refractivity contribution < 1.29 is 4.79 Å². The second kappa shape index (κ2) is 4.54. The van der Waals surface area contributed by atoms with Gasteiger partial charge in [-0.25, -0.2) is 0 Å². The Bertz CT molecular complexity index is 613. The molecule has 2 nitrogen and oxygen atoms in total. The Kier molecular flexibility index (Phi) is 2.86. The summed E-state index contributed by atoms with van der Waals surface area (Å²) in [4.78, 5) is 14.0. The van der Waals surface area contributed by atoms with E-state index in [0.717, 1.165) is 16.9 Å². The molecular formula is C17H17NO. The Hall–Kier alpha value is -2.09. The van der Waals surface area contributed by atoms with Crippen molar-refractivity contribution in [3.63, 3.8) is 0 Å². The van der Waals surface area contributed by atoms with Crippen LogP contribution in [0.2, 0.25) is 0 Å². The number of hydrogen-bond donors (Lipinski definition) is 0. The Labute approximate surface area is 113 Å². The zero-order valence-corrected chi connectivity index (χ0v) is 11.3. The number of carbonyl (C=O) groups excluding carboxylic acids is 1. The van der Waals surface area contributed by atoms with Gasteiger partial charge in [0.2, 0.25) is 5.91 Å². The molecule has 0 saturated heterocycles. The minimum atomic E-state index is 0.151. The molecule has 0 atom stereocenters. The number of hydrogen-bond acceptors (Lipinski definition) is 1. The molecule has 0 fully saturated rings. The molecule has 19 heavy (non-hydrogen) atoms. The normalized spacial score (nSPS) is 14.1. The molecule has 1 aliphatic heterocycles. The van der Waals surface area contributed by atoms with Crippen molar-refractivity contribution in [3.05, 3.63) is 59.7 Å². The lowest BCUT2D eigenvalue weighted by Crippen LogP contribution is -2.20. The number of nitrogens with zero attached hydrogens (tertiary/aromatic N) is 1. The van der Waals surface area contributed by atoms with E-state index in [1.807, 2.05) is 41.3 Å². The van der Waals surface area contributed by atoms with E-state index >= 15 is 0 Å². The van der Waals surface area contributed by atoms with Crippen LogP contribution in [0.4, 0.5) is 11.4 Å². The quantitative estimate of drug-likeness (QED) is 0.789. The predicted molar refractivity (Wildman–Crippen MR) is 77.8 cm³/mol. The maximum atomic E-state index is 12.2. The van der Waals surface area contributed by atoms with Crippen molar-refractivity contribution >= 4 is 17.3 Å². The maximum absolute atomic E-state index is 12.2. The first kappa shape index (κ1) is 12.0. The highest BCUT2D eigenvalue weighted by Gasteiger charge is 2.27. The van der Waals surface area contributed by atoms with Crippen molar-refractivity contribution in [2.24, 2.45) is 0 Å². The lowest BCUT2D eigenvalue weighted by molar-refractivity contribution is -0.116. The van der Waals surface area contributed by atoms with E-state index in [4.69, 9.17) is 0 Å². The molecule has 0 saturated carbocycles.